The number of rotatable bonds is 7. The van der Waals surface area contributed by atoms with E-state index in [0.29, 0.717) is 12.5 Å². The lowest BCUT2D eigenvalue weighted by atomic mass is 10.1. The third kappa shape index (κ3) is 10.2. The molecular formula is C32H31ClO. The average Bonchev–Trinajstić information content (AvgIpc) is 2.94. The van der Waals surface area contributed by atoms with Crippen LogP contribution in [0.4, 0.5) is 0 Å². The Morgan fingerprint density at radius 3 is 1.38 bits per heavy atom. The molecule has 0 spiro atoms. The highest BCUT2D eigenvalue weighted by atomic mass is 35.5. The SMILES string of the molecule is C=Cc1ccc(C=C)cc1.C=Cc1ccccc1.ClCc1ccc(OCc2ccccc2)cc1. The van der Waals surface area contributed by atoms with Crippen molar-refractivity contribution in [2.45, 2.75) is 12.5 Å². The first-order valence-corrected chi connectivity index (χ1v) is 11.6. The van der Waals surface area contributed by atoms with Gasteiger partial charge in [-0.05, 0) is 39.9 Å². The standard InChI is InChI=1S/C14H13ClO.C10H10.C8H8/c15-10-12-6-8-14(9-7-12)16-11-13-4-2-1-3-5-13;1-3-9-5-7-10(4-2)8-6-9;1-2-8-6-4-3-5-7-8/h1-9H,10-11H2;3-8H,1-2H2;2-7H,1H2. The van der Waals surface area contributed by atoms with Gasteiger partial charge >= 0.3 is 0 Å². The molecule has 172 valence electrons. The van der Waals surface area contributed by atoms with Crippen LogP contribution in [0.25, 0.3) is 18.2 Å². The Bertz CT molecular complexity index is 1070. The Hall–Kier alpha value is -3.81. The highest BCUT2D eigenvalue weighted by Gasteiger charge is 1.96. The van der Waals surface area contributed by atoms with Crippen LogP contribution in [0.1, 0.15) is 27.8 Å². The number of hydrogen-bond donors (Lipinski definition) is 0. The third-order valence-corrected chi connectivity index (χ3v) is 5.08. The molecule has 0 aliphatic carbocycles. The van der Waals surface area contributed by atoms with Gasteiger partial charge in [0.15, 0.2) is 0 Å². The minimum Gasteiger partial charge on any atom is -0.489 e. The summed E-state index contributed by atoms with van der Waals surface area (Å²) in [4.78, 5) is 0. The van der Waals surface area contributed by atoms with E-state index in [0.717, 1.165) is 22.4 Å². The molecule has 0 aliphatic rings. The lowest BCUT2D eigenvalue weighted by Gasteiger charge is -2.06. The van der Waals surface area contributed by atoms with Crippen molar-refractivity contribution in [3.05, 3.63) is 157 Å². The van der Waals surface area contributed by atoms with Crippen LogP contribution in [0.2, 0.25) is 0 Å². The topological polar surface area (TPSA) is 9.23 Å². The molecule has 0 N–H and O–H groups in total. The van der Waals surface area contributed by atoms with Crippen LogP contribution < -0.4 is 4.74 Å². The minimum absolute atomic E-state index is 0.541. The van der Waals surface area contributed by atoms with Crippen molar-refractivity contribution in [3.63, 3.8) is 0 Å². The van der Waals surface area contributed by atoms with E-state index in [2.05, 4.69) is 19.7 Å². The summed E-state index contributed by atoms with van der Waals surface area (Å²) in [6.07, 6.45) is 5.49. The van der Waals surface area contributed by atoms with Gasteiger partial charge in [0.25, 0.3) is 0 Å². The van der Waals surface area contributed by atoms with Gasteiger partial charge in [0.05, 0.1) is 0 Å². The van der Waals surface area contributed by atoms with Crippen LogP contribution >= 0.6 is 11.6 Å². The van der Waals surface area contributed by atoms with Crippen molar-refractivity contribution in [2.75, 3.05) is 0 Å². The number of benzene rings is 4. The van der Waals surface area contributed by atoms with Crippen LogP contribution in [-0.4, -0.2) is 0 Å². The highest BCUT2D eigenvalue weighted by Crippen LogP contribution is 2.15. The normalized spacial score (nSPS) is 9.32. The molecule has 1 nitrogen and oxygen atoms in total. The summed E-state index contributed by atoms with van der Waals surface area (Å²) in [5.74, 6) is 1.41. The van der Waals surface area contributed by atoms with Gasteiger partial charge in [-0.2, -0.15) is 0 Å². The average molecular weight is 467 g/mol. The monoisotopic (exact) mass is 466 g/mol. The zero-order valence-electron chi connectivity index (χ0n) is 19.4. The number of ether oxygens (including phenoxy) is 1. The summed E-state index contributed by atoms with van der Waals surface area (Å²) in [5, 5.41) is 0. The molecule has 0 saturated carbocycles. The minimum atomic E-state index is 0.541. The fourth-order valence-corrected chi connectivity index (χ4v) is 2.95. The van der Waals surface area contributed by atoms with E-state index in [9.17, 15) is 0 Å². The van der Waals surface area contributed by atoms with Gasteiger partial charge < -0.3 is 4.74 Å². The largest absolute Gasteiger partial charge is 0.489 e. The summed E-state index contributed by atoms with van der Waals surface area (Å²) in [6.45, 7) is 11.6. The zero-order valence-corrected chi connectivity index (χ0v) is 20.2. The second-order valence-electron chi connectivity index (χ2n) is 7.24. The van der Waals surface area contributed by atoms with Crippen LogP contribution in [0.5, 0.6) is 5.75 Å². The van der Waals surface area contributed by atoms with Crippen LogP contribution in [0.15, 0.2) is 129 Å². The Balaban J connectivity index is 0.000000195. The Morgan fingerprint density at radius 1 is 0.529 bits per heavy atom. The van der Waals surface area contributed by atoms with Gasteiger partial charge in [0.1, 0.15) is 12.4 Å². The summed E-state index contributed by atoms with van der Waals surface area (Å²) >= 11 is 5.71. The van der Waals surface area contributed by atoms with Gasteiger partial charge in [0.2, 0.25) is 0 Å². The number of alkyl halides is 1. The van der Waals surface area contributed by atoms with Crippen molar-refractivity contribution in [3.8, 4) is 5.75 Å². The highest BCUT2D eigenvalue weighted by molar-refractivity contribution is 6.17. The fraction of sp³-hybridized carbons (Fsp3) is 0.0625. The fourth-order valence-electron chi connectivity index (χ4n) is 2.77. The molecule has 0 heterocycles. The first kappa shape index (κ1) is 26.4. The van der Waals surface area contributed by atoms with E-state index in [1.165, 1.54) is 11.1 Å². The Morgan fingerprint density at radius 2 is 0.971 bits per heavy atom. The molecule has 0 fully saturated rings. The molecule has 0 saturated heterocycles. The first-order valence-electron chi connectivity index (χ1n) is 11.0. The molecule has 4 rings (SSSR count). The maximum atomic E-state index is 5.71. The quantitative estimate of drug-likeness (QED) is 0.246. The van der Waals surface area contributed by atoms with E-state index in [1.807, 2.05) is 127 Å². The van der Waals surface area contributed by atoms with E-state index in [1.54, 1.807) is 0 Å². The lowest BCUT2D eigenvalue weighted by molar-refractivity contribution is 0.306. The van der Waals surface area contributed by atoms with E-state index >= 15 is 0 Å². The molecule has 0 atom stereocenters. The Kier molecular flexibility index (Phi) is 12.4. The number of hydrogen-bond acceptors (Lipinski definition) is 1. The van der Waals surface area contributed by atoms with E-state index in [-0.39, 0.29) is 0 Å². The van der Waals surface area contributed by atoms with Crippen LogP contribution in [-0.2, 0) is 12.5 Å². The van der Waals surface area contributed by atoms with Crippen molar-refractivity contribution in [1.29, 1.82) is 0 Å². The van der Waals surface area contributed by atoms with Crippen molar-refractivity contribution in [2.24, 2.45) is 0 Å². The molecule has 4 aromatic rings. The maximum absolute atomic E-state index is 5.71. The second kappa shape index (κ2) is 15.9. The summed E-state index contributed by atoms with van der Waals surface area (Å²) in [5.41, 5.74) is 5.74. The van der Waals surface area contributed by atoms with Crippen molar-refractivity contribution in [1.82, 2.24) is 0 Å². The van der Waals surface area contributed by atoms with Gasteiger partial charge in [0, 0.05) is 5.88 Å². The zero-order chi connectivity index (χ0) is 24.4. The third-order valence-electron chi connectivity index (χ3n) is 4.77. The molecule has 0 amide bonds. The molecule has 0 bridgehead atoms. The molecule has 0 aliphatic heterocycles. The van der Waals surface area contributed by atoms with E-state index < -0.39 is 0 Å². The van der Waals surface area contributed by atoms with Gasteiger partial charge in [-0.3, -0.25) is 0 Å². The van der Waals surface area contributed by atoms with Gasteiger partial charge in [-0.15, -0.1) is 11.6 Å². The maximum Gasteiger partial charge on any atom is 0.119 e. The smallest absolute Gasteiger partial charge is 0.119 e. The predicted molar refractivity (Wildman–Crippen MR) is 150 cm³/mol. The van der Waals surface area contributed by atoms with Crippen LogP contribution in [0.3, 0.4) is 0 Å². The lowest BCUT2D eigenvalue weighted by Crippen LogP contribution is -1.94. The molecule has 0 radical (unpaired) electrons. The van der Waals surface area contributed by atoms with Crippen molar-refractivity contribution >= 4 is 29.8 Å². The van der Waals surface area contributed by atoms with Gasteiger partial charge in [-0.25, -0.2) is 0 Å². The number of halogens is 1. The molecular weight excluding hydrogens is 436 g/mol. The summed E-state index contributed by atoms with van der Waals surface area (Å²) in [6, 6.07) is 36.1. The molecule has 0 unspecified atom stereocenters. The van der Waals surface area contributed by atoms with E-state index in [4.69, 9.17) is 16.3 Å². The van der Waals surface area contributed by atoms with Crippen LogP contribution in [0, 0.1) is 0 Å². The molecule has 4 aromatic carbocycles. The molecule has 34 heavy (non-hydrogen) atoms. The summed E-state index contributed by atoms with van der Waals surface area (Å²) in [7, 11) is 0. The second-order valence-corrected chi connectivity index (χ2v) is 7.51. The first-order chi connectivity index (χ1) is 16.7. The molecule has 0 aromatic heterocycles. The summed E-state index contributed by atoms with van der Waals surface area (Å²) < 4.78 is 5.65. The van der Waals surface area contributed by atoms with Crippen molar-refractivity contribution < 1.29 is 4.74 Å². The Labute approximate surface area is 209 Å². The molecule has 2 heteroatoms. The predicted octanol–water partition coefficient (Wildman–Crippen LogP) is 9.31. The van der Waals surface area contributed by atoms with Gasteiger partial charge in [-0.1, -0.05) is 135 Å².